The average molecular weight is 698 g/mol. The Bertz CT molecular complexity index is 2190. The van der Waals surface area contributed by atoms with Crippen LogP contribution in [-0.4, -0.2) is 24.9 Å². The van der Waals surface area contributed by atoms with Crippen molar-refractivity contribution in [3.8, 4) is 68.1 Å². The molecule has 0 spiro atoms. The maximum atomic E-state index is 5.08. The van der Waals surface area contributed by atoms with Gasteiger partial charge >= 0.3 is 0 Å². The predicted octanol–water partition coefficient (Wildman–Crippen LogP) is 11.9. The molecule has 5 nitrogen and oxygen atoms in total. The predicted molar refractivity (Wildman–Crippen MR) is 218 cm³/mol. The standard InChI is InChI=1S/C49H39N5/c1-6-16-35(17-7-1)43-34-44(51-45(50-43)37-18-8-2-9-19-37)36-24-28-41(29-25-36)49(32-14-5-15-33-49)42-30-26-40(27-31-42)48-53-46(38-20-10-3-11-21-38)52-47(54-48)39-22-12-4-13-23-39/h1-4,6-13,16-31,34H,5,14-15,32-33H2. The van der Waals surface area contributed by atoms with Crippen LogP contribution in [0.3, 0.4) is 0 Å². The Kier molecular flexibility index (Phi) is 9.12. The maximum absolute atomic E-state index is 5.08. The van der Waals surface area contributed by atoms with Gasteiger partial charge in [0.1, 0.15) is 0 Å². The van der Waals surface area contributed by atoms with Crippen molar-refractivity contribution in [2.45, 2.75) is 37.5 Å². The summed E-state index contributed by atoms with van der Waals surface area (Å²) in [6.07, 6.45) is 5.88. The van der Waals surface area contributed by atoms with Gasteiger partial charge in [-0.15, -0.1) is 0 Å². The van der Waals surface area contributed by atoms with Crippen molar-refractivity contribution >= 4 is 0 Å². The van der Waals surface area contributed by atoms with Crippen LogP contribution in [-0.2, 0) is 5.41 Å². The van der Waals surface area contributed by atoms with Crippen molar-refractivity contribution in [1.82, 2.24) is 24.9 Å². The molecule has 0 atom stereocenters. The molecule has 0 radical (unpaired) electrons. The van der Waals surface area contributed by atoms with Gasteiger partial charge in [0.05, 0.1) is 11.4 Å². The van der Waals surface area contributed by atoms with Crippen LogP contribution in [0.1, 0.15) is 43.2 Å². The molecule has 1 saturated carbocycles. The Morgan fingerprint density at radius 3 is 1.02 bits per heavy atom. The molecule has 260 valence electrons. The molecule has 2 heterocycles. The molecule has 0 aliphatic heterocycles. The van der Waals surface area contributed by atoms with Gasteiger partial charge in [-0.05, 0) is 30.0 Å². The largest absolute Gasteiger partial charge is 0.228 e. The molecular weight excluding hydrogens is 659 g/mol. The quantitative estimate of drug-likeness (QED) is 0.158. The first-order valence-corrected chi connectivity index (χ1v) is 18.8. The first-order valence-electron chi connectivity index (χ1n) is 18.8. The molecule has 2 aromatic heterocycles. The summed E-state index contributed by atoms with van der Waals surface area (Å²) in [6, 6.07) is 61.1. The molecule has 1 fully saturated rings. The topological polar surface area (TPSA) is 64.5 Å². The lowest BCUT2D eigenvalue weighted by Crippen LogP contribution is -2.30. The molecule has 5 heteroatoms. The second-order valence-electron chi connectivity index (χ2n) is 14.0. The van der Waals surface area contributed by atoms with Crippen molar-refractivity contribution in [3.05, 3.63) is 187 Å². The molecule has 0 unspecified atom stereocenters. The summed E-state index contributed by atoms with van der Waals surface area (Å²) in [4.78, 5) is 24.9. The maximum Gasteiger partial charge on any atom is 0.164 e. The first kappa shape index (κ1) is 33.3. The Hall–Kier alpha value is -6.59. The summed E-state index contributed by atoms with van der Waals surface area (Å²) in [5.41, 5.74) is 10.5. The van der Waals surface area contributed by atoms with Crippen LogP contribution in [0.4, 0.5) is 0 Å². The van der Waals surface area contributed by atoms with E-state index in [0.717, 1.165) is 63.4 Å². The SMILES string of the molecule is c1ccc(-c2cc(-c3ccc(C4(c5ccc(-c6nc(-c7ccccc7)nc(-c7ccccc7)n6)cc5)CCCCC4)cc3)nc(-c3ccccc3)n2)cc1. The summed E-state index contributed by atoms with van der Waals surface area (Å²) >= 11 is 0. The Balaban J connectivity index is 1.07. The van der Waals surface area contributed by atoms with Gasteiger partial charge in [0.25, 0.3) is 0 Å². The number of rotatable bonds is 8. The number of hydrogen-bond donors (Lipinski definition) is 0. The van der Waals surface area contributed by atoms with E-state index in [-0.39, 0.29) is 5.41 Å². The normalized spacial score (nSPS) is 13.7. The fourth-order valence-corrected chi connectivity index (χ4v) is 7.80. The van der Waals surface area contributed by atoms with E-state index in [0.29, 0.717) is 17.5 Å². The van der Waals surface area contributed by atoms with Gasteiger partial charge in [-0.3, -0.25) is 0 Å². The van der Waals surface area contributed by atoms with Crippen LogP contribution in [0.15, 0.2) is 176 Å². The zero-order valence-corrected chi connectivity index (χ0v) is 30.0. The summed E-state index contributed by atoms with van der Waals surface area (Å²) < 4.78 is 0. The molecule has 0 saturated heterocycles. The number of benzene rings is 6. The highest BCUT2D eigenvalue weighted by molar-refractivity contribution is 5.72. The minimum Gasteiger partial charge on any atom is -0.228 e. The van der Waals surface area contributed by atoms with Crippen molar-refractivity contribution in [1.29, 1.82) is 0 Å². The third kappa shape index (κ3) is 6.72. The number of hydrogen-bond acceptors (Lipinski definition) is 5. The van der Waals surface area contributed by atoms with Crippen LogP contribution in [0, 0.1) is 0 Å². The van der Waals surface area contributed by atoms with Crippen LogP contribution < -0.4 is 0 Å². The minimum atomic E-state index is -0.0745. The van der Waals surface area contributed by atoms with Gasteiger partial charge in [0.2, 0.25) is 0 Å². The van der Waals surface area contributed by atoms with Crippen LogP contribution >= 0.6 is 0 Å². The smallest absolute Gasteiger partial charge is 0.164 e. The third-order valence-electron chi connectivity index (χ3n) is 10.7. The molecule has 8 aromatic rings. The monoisotopic (exact) mass is 697 g/mol. The Morgan fingerprint density at radius 1 is 0.296 bits per heavy atom. The van der Waals surface area contributed by atoms with Crippen molar-refractivity contribution in [2.24, 2.45) is 0 Å². The van der Waals surface area contributed by atoms with E-state index in [1.807, 2.05) is 84.9 Å². The van der Waals surface area contributed by atoms with E-state index in [1.165, 1.54) is 30.4 Å². The summed E-state index contributed by atoms with van der Waals surface area (Å²) in [7, 11) is 0. The highest BCUT2D eigenvalue weighted by Gasteiger charge is 2.35. The Labute approximate surface area is 316 Å². The van der Waals surface area contributed by atoms with E-state index < -0.39 is 0 Å². The van der Waals surface area contributed by atoms with Crippen molar-refractivity contribution in [3.63, 3.8) is 0 Å². The van der Waals surface area contributed by atoms with Gasteiger partial charge in [0.15, 0.2) is 23.3 Å². The van der Waals surface area contributed by atoms with E-state index in [9.17, 15) is 0 Å². The van der Waals surface area contributed by atoms with Gasteiger partial charge in [-0.25, -0.2) is 24.9 Å². The zero-order valence-electron chi connectivity index (χ0n) is 30.0. The fraction of sp³-hybridized carbons (Fsp3) is 0.122. The summed E-state index contributed by atoms with van der Waals surface area (Å²) in [5, 5.41) is 0. The van der Waals surface area contributed by atoms with Crippen LogP contribution in [0.2, 0.25) is 0 Å². The molecule has 6 aromatic carbocycles. The molecule has 1 aliphatic carbocycles. The lowest BCUT2D eigenvalue weighted by atomic mass is 9.65. The highest BCUT2D eigenvalue weighted by atomic mass is 15.0. The Morgan fingerprint density at radius 2 is 0.611 bits per heavy atom. The lowest BCUT2D eigenvalue weighted by Gasteiger charge is -2.39. The zero-order chi connectivity index (χ0) is 36.2. The van der Waals surface area contributed by atoms with Crippen LogP contribution in [0.5, 0.6) is 0 Å². The number of aromatic nitrogens is 5. The van der Waals surface area contributed by atoms with E-state index in [2.05, 4.69) is 91.0 Å². The lowest BCUT2D eigenvalue weighted by molar-refractivity contribution is 0.346. The van der Waals surface area contributed by atoms with Crippen LogP contribution in [0.25, 0.3) is 68.1 Å². The van der Waals surface area contributed by atoms with Gasteiger partial charge < -0.3 is 0 Å². The molecule has 0 bridgehead atoms. The third-order valence-corrected chi connectivity index (χ3v) is 10.7. The first-order chi connectivity index (χ1) is 26.7. The van der Waals surface area contributed by atoms with E-state index in [4.69, 9.17) is 24.9 Å². The van der Waals surface area contributed by atoms with Gasteiger partial charge in [-0.1, -0.05) is 189 Å². The highest BCUT2D eigenvalue weighted by Crippen LogP contribution is 2.46. The molecule has 9 rings (SSSR count). The second-order valence-corrected chi connectivity index (χ2v) is 14.0. The molecule has 1 aliphatic rings. The number of nitrogens with zero attached hydrogens (tertiary/aromatic N) is 5. The molecule has 54 heavy (non-hydrogen) atoms. The van der Waals surface area contributed by atoms with Crippen molar-refractivity contribution < 1.29 is 0 Å². The second kappa shape index (κ2) is 14.8. The van der Waals surface area contributed by atoms with E-state index in [1.54, 1.807) is 0 Å². The average Bonchev–Trinajstić information content (AvgIpc) is 3.27. The van der Waals surface area contributed by atoms with Crippen molar-refractivity contribution in [2.75, 3.05) is 0 Å². The van der Waals surface area contributed by atoms with E-state index >= 15 is 0 Å². The molecule has 0 N–H and O–H groups in total. The van der Waals surface area contributed by atoms with Gasteiger partial charge in [0, 0.05) is 38.8 Å². The summed E-state index contributed by atoms with van der Waals surface area (Å²) in [6.45, 7) is 0. The fourth-order valence-electron chi connectivity index (χ4n) is 7.80. The molecule has 0 amide bonds. The minimum absolute atomic E-state index is 0.0745. The summed E-state index contributed by atoms with van der Waals surface area (Å²) in [5.74, 6) is 2.74. The molecular formula is C49H39N5. The van der Waals surface area contributed by atoms with Gasteiger partial charge in [-0.2, -0.15) is 0 Å².